The van der Waals surface area contributed by atoms with Gasteiger partial charge < -0.3 is 4.90 Å². The van der Waals surface area contributed by atoms with Crippen molar-refractivity contribution in [3.8, 4) is 11.1 Å². The lowest BCUT2D eigenvalue weighted by Crippen LogP contribution is -2.40. The molecule has 0 spiro atoms. The predicted molar refractivity (Wildman–Crippen MR) is 102 cm³/mol. The van der Waals surface area contributed by atoms with Crippen molar-refractivity contribution in [1.82, 2.24) is 24.8 Å². The summed E-state index contributed by atoms with van der Waals surface area (Å²) in [7, 11) is 0. The average Bonchev–Trinajstić information content (AvgIpc) is 2.75. The number of nitrogens with zero attached hydrogens (tertiary/aromatic N) is 5. The van der Waals surface area contributed by atoms with Crippen molar-refractivity contribution in [2.75, 3.05) is 13.1 Å². The van der Waals surface area contributed by atoms with Crippen LogP contribution in [0.1, 0.15) is 30.1 Å². The number of amides is 1. The Kier molecular flexibility index (Phi) is 5.14. The molecule has 0 aliphatic carbocycles. The van der Waals surface area contributed by atoms with Crippen LogP contribution in [0.3, 0.4) is 0 Å². The molecule has 0 radical (unpaired) electrons. The lowest BCUT2D eigenvalue weighted by molar-refractivity contribution is -0.131. The molecule has 4 heterocycles. The summed E-state index contributed by atoms with van der Waals surface area (Å²) in [6.45, 7) is 1.47. The molecule has 1 atom stereocenters. The lowest BCUT2D eigenvalue weighted by Gasteiger charge is -2.33. The van der Waals surface area contributed by atoms with Crippen molar-refractivity contribution in [2.24, 2.45) is 0 Å². The first-order chi connectivity index (χ1) is 13.3. The number of rotatable bonds is 4. The maximum Gasteiger partial charge on any atom is 0.228 e. The second-order valence-electron chi connectivity index (χ2n) is 6.73. The second-order valence-corrected chi connectivity index (χ2v) is 6.73. The van der Waals surface area contributed by atoms with Crippen LogP contribution in [0, 0.1) is 0 Å². The number of piperidine rings is 1. The van der Waals surface area contributed by atoms with E-state index < -0.39 is 0 Å². The maximum atomic E-state index is 12.7. The Labute approximate surface area is 158 Å². The fraction of sp³-hybridized carbons (Fsp3) is 0.286. The Bertz CT molecular complexity index is 901. The molecule has 1 fully saturated rings. The summed E-state index contributed by atoms with van der Waals surface area (Å²) in [5.41, 5.74) is 3.89. The quantitative estimate of drug-likeness (QED) is 0.716. The monoisotopic (exact) mass is 359 g/mol. The Hall–Kier alpha value is -3.15. The minimum atomic E-state index is 0.123. The van der Waals surface area contributed by atoms with E-state index in [1.807, 2.05) is 41.4 Å². The van der Waals surface area contributed by atoms with E-state index >= 15 is 0 Å². The van der Waals surface area contributed by atoms with Gasteiger partial charge in [-0.3, -0.25) is 14.8 Å². The molecule has 3 aromatic rings. The number of carbonyl (C=O) groups is 1. The molecule has 6 nitrogen and oxygen atoms in total. The molecule has 1 aliphatic heterocycles. The molecular formula is C21H21N5O. The Balaban J connectivity index is 1.53. The lowest BCUT2D eigenvalue weighted by atomic mass is 9.90. The smallest absolute Gasteiger partial charge is 0.228 e. The van der Waals surface area contributed by atoms with Crippen LogP contribution in [0.15, 0.2) is 61.4 Å². The van der Waals surface area contributed by atoms with Crippen molar-refractivity contribution >= 4 is 5.91 Å². The van der Waals surface area contributed by atoms with E-state index in [0.717, 1.165) is 41.9 Å². The Morgan fingerprint density at radius 2 is 1.96 bits per heavy atom. The van der Waals surface area contributed by atoms with Gasteiger partial charge in [0.1, 0.15) is 6.33 Å². The van der Waals surface area contributed by atoms with E-state index in [9.17, 15) is 4.79 Å². The zero-order valence-electron chi connectivity index (χ0n) is 15.0. The van der Waals surface area contributed by atoms with Gasteiger partial charge in [-0.25, -0.2) is 9.97 Å². The van der Waals surface area contributed by atoms with Gasteiger partial charge in [-0.05, 0) is 42.7 Å². The number of pyridine rings is 2. The van der Waals surface area contributed by atoms with Crippen molar-refractivity contribution < 1.29 is 4.79 Å². The summed E-state index contributed by atoms with van der Waals surface area (Å²) in [5.74, 6) is 0.329. The summed E-state index contributed by atoms with van der Waals surface area (Å²) in [6.07, 6.45) is 11.0. The Morgan fingerprint density at radius 1 is 1.07 bits per heavy atom. The highest BCUT2D eigenvalue weighted by Gasteiger charge is 2.27. The van der Waals surface area contributed by atoms with E-state index in [2.05, 4.69) is 19.9 Å². The van der Waals surface area contributed by atoms with Gasteiger partial charge in [-0.15, -0.1) is 0 Å². The molecule has 0 bridgehead atoms. The number of carbonyl (C=O) groups excluding carboxylic acids is 1. The fourth-order valence-corrected chi connectivity index (χ4v) is 3.61. The van der Waals surface area contributed by atoms with Crippen molar-refractivity contribution in [3.05, 3.63) is 72.8 Å². The molecule has 3 aromatic heterocycles. The number of aromatic nitrogens is 4. The fourth-order valence-electron chi connectivity index (χ4n) is 3.61. The highest BCUT2D eigenvalue weighted by atomic mass is 16.2. The summed E-state index contributed by atoms with van der Waals surface area (Å²) >= 11 is 0. The normalized spacial score (nSPS) is 16.9. The van der Waals surface area contributed by atoms with Crippen molar-refractivity contribution in [1.29, 1.82) is 0 Å². The summed E-state index contributed by atoms with van der Waals surface area (Å²) < 4.78 is 0. The molecule has 0 unspecified atom stereocenters. The molecule has 0 N–H and O–H groups in total. The zero-order valence-corrected chi connectivity index (χ0v) is 15.0. The molecule has 4 rings (SSSR count). The van der Waals surface area contributed by atoms with Crippen LogP contribution in [0.25, 0.3) is 11.1 Å². The van der Waals surface area contributed by atoms with Gasteiger partial charge in [0, 0.05) is 55.1 Å². The molecule has 27 heavy (non-hydrogen) atoms. The molecule has 0 aromatic carbocycles. The van der Waals surface area contributed by atoms with E-state index in [-0.39, 0.29) is 11.8 Å². The van der Waals surface area contributed by atoms with E-state index in [1.165, 1.54) is 0 Å². The first-order valence-electron chi connectivity index (χ1n) is 9.19. The van der Waals surface area contributed by atoms with E-state index in [0.29, 0.717) is 13.0 Å². The van der Waals surface area contributed by atoms with Gasteiger partial charge in [-0.1, -0.05) is 6.07 Å². The molecule has 136 valence electrons. The van der Waals surface area contributed by atoms with Gasteiger partial charge in [0.2, 0.25) is 5.91 Å². The van der Waals surface area contributed by atoms with Gasteiger partial charge in [0.15, 0.2) is 0 Å². The van der Waals surface area contributed by atoms with Crippen LogP contribution in [0.2, 0.25) is 0 Å². The molecule has 6 heteroatoms. The largest absolute Gasteiger partial charge is 0.342 e. The first-order valence-corrected chi connectivity index (χ1v) is 9.19. The van der Waals surface area contributed by atoms with Gasteiger partial charge in [-0.2, -0.15) is 0 Å². The topological polar surface area (TPSA) is 71.9 Å². The zero-order chi connectivity index (χ0) is 18.5. The minimum Gasteiger partial charge on any atom is -0.342 e. The molecule has 1 aliphatic rings. The average molecular weight is 359 g/mol. The van der Waals surface area contributed by atoms with Gasteiger partial charge in [0.05, 0.1) is 12.1 Å². The number of hydrogen-bond donors (Lipinski definition) is 0. The van der Waals surface area contributed by atoms with Crippen molar-refractivity contribution in [2.45, 2.75) is 25.2 Å². The second kappa shape index (κ2) is 8.03. The van der Waals surface area contributed by atoms with E-state index in [4.69, 9.17) is 0 Å². The number of hydrogen-bond acceptors (Lipinski definition) is 5. The number of likely N-dealkylation sites (tertiary alicyclic amines) is 1. The van der Waals surface area contributed by atoms with Crippen LogP contribution in [0.4, 0.5) is 0 Å². The molecule has 1 amide bonds. The summed E-state index contributed by atoms with van der Waals surface area (Å²) in [6, 6.07) is 9.60. The van der Waals surface area contributed by atoms with Crippen LogP contribution in [-0.4, -0.2) is 43.8 Å². The SMILES string of the molecule is O=C(Cc1ccccn1)N1CCC[C@@H](c2ncncc2-c2ccncc2)C1. The summed E-state index contributed by atoms with van der Waals surface area (Å²) in [5, 5.41) is 0. The molecule has 0 saturated carbocycles. The predicted octanol–water partition coefficient (Wildman–Crippen LogP) is 2.88. The summed E-state index contributed by atoms with van der Waals surface area (Å²) in [4.78, 5) is 31.8. The van der Waals surface area contributed by atoms with Crippen LogP contribution >= 0.6 is 0 Å². The first kappa shape index (κ1) is 17.3. The van der Waals surface area contributed by atoms with Crippen molar-refractivity contribution in [3.63, 3.8) is 0 Å². The third-order valence-corrected chi connectivity index (χ3v) is 4.95. The van der Waals surface area contributed by atoms with Crippen LogP contribution < -0.4 is 0 Å². The Morgan fingerprint density at radius 3 is 2.78 bits per heavy atom. The third kappa shape index (κ3) is 4.00. The van der Waals surface area contributed by atoms with Crippen LogP contribution in [0.5, 0.6) is 0 Å². The van der Waals surface area contributed by atoms with E-state index in [1.54, 1.807) is 24.9 Å². The highest BCUT2D eigenvalue weighted by molar-refractivity contribution is 5.78. The standard InChI is InChI=1S/C21H21N5O/c27-20(12-18-5-1-2-8-24-18)26-11-3-4-17(14-26)21-19(13-23-15-25-21)16-6-9-22-10-7-16/h1-2,5-10,13,15,17H,3-4,11-12,14H2/t17-/m1/s1. The van der Waals surface area contributed by atoms with Crippen LogP contribution in [-0.2, 0) is 11.2 Å². The highest BCUT2D eigenvalue weighted by Crippen LogP contribution is 2.32. The van der Waals surface area contributed by atoms with Gasteiger partial charge in [0.25, 0.3) is 0 Å². The maximum absolute atomic E-state index is 12.7. The molecular weight excluding hydrogens is 338 g/mol. The third-order valence-electron chi connectivity index (χ3n) is 4.95. The minimum absolute atomic E-state index is 0.123. The molecule has 1 saturated heterocycles. The van der Waals surface area contributed by atoms with Gasteiger partial charge >= 0.3 is 0 Å².